The fraction of sp³-hybridized carbons (Fsp3) is 0.500. The van der Waals surface area contributed by atoms with Crippen molar-refractivity contribution in [3.05, 3.63) is 35.1 Å². The topological polar surface area (TPSA) is 66.4 Å². The molecule has 0 aliphatic heterocycles. The van der Waals surface area contributed by atoms with Crippen molar-refractivity contribution in [2.75, 3.05) is 0 Å². The standard InChI is InChI=1S/C16H20FNO3/c1-10-4-3-7-16(9-10,15(20)21)18-14(19)12-5-6-13(17)11(2)8-12/h5-6,8,10H,3-4,7,9H2,1-2H3,(H,18,19)(H,20,21). The average molecular weight is 293 g/mol. The Morgan fingerprint density at radius 2 is 2.14 bits per heavy atom. The molecule has 2 atom stereocenters. The summed E-state index contributed by atoms with van der Waals surface area (Å²) >= 11 is 0. The van der Waals surface area contributed by atoms with E-state index in [1.54, 1.807) is 6.92 Å². The van der Waals surface area contributed by atoms with E-state index in [4.69, 9.17) is 0 Å². The van der Waals surface area contributed by atoms with Gasteiger partial charge >= 0.3 is 5.97 Å². The van der Waals surface area contributed by atoms with Gasteiger partial charge in [0.1, 0.15) is 11.4 Å². The first-order valence-corrected chi connectivity index (χ1v) is 7.16. The molecule has 1 aliphatic rings. The van der Waals surface area contributed by atoms with E-state index in [-0.39, 0.29) is 17.3 Å². The van der Waals surface area contributed by atoms with Crippen LogP contribution in [-0.4, -0.2) is 22.5 Å². The number of benzene rings is 1. The van der Waals surface area contributed by atoms with Crippen LogP contribution >= 0.6 is 0 Å². The van der Waals surface area contributed by atoms with Gasteiger partial charge in [0.15, 0.2) is 0 Å². The predicted octanol–water partition coefficient (Wildman–Crippen LogP) is 2.90. The largest absolute Gasteiger partial charge is 0.480 e. The van der Waals surface area contributed by atoms with Crippen molar-refractivity contribution in [2.24, 2.45) is 5.92 Å². The number of carbonyl (C=O) groups excluding carboxylic acids is 1. The Morgan fingerprint density at radius 1 is 1.43 bits per heavy atom. The number of carbonyl (C=O) groups is 2. The van der Waals surface area contributed by atoms with E-state index in [0.29, 0.717) is 18.4 Å². The molecule has 5 heteroatoms. The van der Waals surface area contributed by atoms with Crippen LogP contribution in [0.3, 0.4) is 0 Å². The first kappa shape index (κ1) is 15.5. The number of aryl methyl sites for hydroxylation is 1. The highest BCUT2D eigenvalue weighted by molar-refractivity contribution is 5.98. The maximum absolute atomic E-state index is 13.2. The molecule has 2 rings (SSSR count). The van der Waals surface area contributed by atoms with Gasteiger partial charge in [-0.15, -0.1) is 0 Å². The Morgan fingerprint density at radius 3 is 2.71 bits per heavy atom. The number of aliphatic carboxylic acids is 1. The van der Waals surface area contributed by atoms with Gasteiger partial charge in [-0.05, 0) is 49.4 Å². The molecule has 0 saturated heterocycles. The molecular weight excluding hydrogens is 273 g/mol. The molecule has 0 heterocycles. The van der Waals surface area contributed by atoms with Crippen molar-refractivity contribution in [3.8, 4) is 0 Å². The number of hydrogen-bond acceptors (Lipinski definition) is 2. The fourth-order valence-corrected chi connectivity index (χ4v) is 2.99. The highest BCUT2D eigenvalue weighted by atomic mass is 19.1. The van der Waals surface area contributed by atoms with Crippen LogP contribution in [0.1, 0.15) is 48.5 Å². The minimum atomic E-state index is -1.21. The summed E-state index contributed by atoms with van der Waals surface area (Å²) in [6, 6.07) is 4.03. The van der Waals surface area contributed by atoms with Crippen molar-refractivity contribution < 1.29 is 19.1 Å². The molecule has 0 spiro atoms. The minimum Gasteiger partial charge on any atom is -0.480 e. The van der Waals surface area contributed by atoms with Crippen LogP contribution in [0.4, 0.5) is 4.39 Å². The lowest BCUT2D eigenvalue weighted by atomic mass is 9.76. The van der Waals surface area contributed by atoms with Gasteiger partial charge in [-0.1, -0.05) is 19.8 Å². The Labute approximate surface area is 123 Å². The summed E-state index contributed by atoms with van der Waals surface area (Å²) in [5.41, 5.74) is -0.561. The molecule has 1 amide bonds. The Hall–Kier alpha value is -1.91. The van der Waals surface area contributed by atoms with Crippen LogP contribution in [0.2, 0.25) is 0 Å². The van der Waals surface area contributed by atoms with Gasteiger partial charge in [-0.3, -0.25) is 4.79 Å². The van der Waals surface area contributed by atoms with E-state index in [1.807, 2.05) is 6.92 Å². The summed E-state index contributed by atoms with van der Waals surface area (Å²) in [5.74, 6) is -1.59. The number of rotatable bonds is 3. The molecule has 2 unspecified atom stereocenters. The third kappa shape index (κ3) is 3.23. The number of carboxylic acids is 1. The van der Waals surface area contributed by atoms with Gasteiger partial charge in [0.2, 0.25) is 0 Å². The lowest BCUT2D eigenvalue weighted by Gasteiger charge is -2.37. The number of halogens is 1. The highest BCUT2D eigenvalue weighted by Gasteiger charge is 2.43. The van der Waals surface area contributed by atoms with Crippen LogP contribution in [0.5, 0.6) is 0 Å². The molecule has 1 saturated carbocycles. The van der Waals surface area contributed by atoms with E-state index in [1.165, 1.54) is 18.2 Å². The summed E-state index contributed by atoms with van der Waals surface area (Å²) in [6.45, 7) is 3.56. The monoisotopic (exact) mass is 293 g/mol. The van der Waals surface area contributed by atoms with Crippen LogP contribution < -0.4 is 5.32 Å². The van der Waals surface area contributed by atoms with Gasteiger partial charge in [0.25, 0.3) is 5.91 Å². The third-order valence-corrected chi connectivity index (χ3v) is 4.18. The van der Waals surface area contributed by atoms with E-state index >= 15 is 0 Å². The molecule has 114 valence electrons. The second-order valence-electron chi connectivity index (χ2n) is 6.01. The van der Waals surface area contributed by atoms with Crippen molar-refractivity contribution in [1.29, 1.82) is 0 Å². The zero-order chi connectivity index (χ0) is 15.6. The van der Waals surface area contributed by atoms with Crippen molar-refractivity contribution in [1.82, 2.24) is 5.32 Å². The maximum Gasteiger partial charge on any atom is 0.329 e. The Balaban J connectivity index is 2.22. The van der Waals surface area contributed by atoms with E-state index < -0.39 is 17.4 Å². The Kier molecular flexibility index (Phi) is 4.30. The SMILES string of the molecule is Cc1cc(C(=O)NC2(C(=O)O)CCCC(C)C2)ccc1F. The summed E-state index contributed by atoms with van der Waals surface area (Å²) in [4.78, 5) is 23.9. The van der Waals surface area contributed by atoms with E-state index in [2.05, 4.69) is 5.32 Å². The zero-order valence-corrected chi connectivity index (χ0v) is 12.3. The Bertz CT molecular complexity index is 573. The van der Waals surface area contributed by atoms with Gasteiger partial charge in [0.05, 0.1) is 0 Å². The van der Waals surface area contributed by atoms with Crippen LogP contribution in [-0.2, 0) is 4.79 Å². The highest BCUT2D eigenvalue weighted by Crippen LogP contribution is 2.32. The molecule has 2 N–H and O–H groups in total. The van der Waals surface area contributed by atoms with Crippen LogP contribution in [0.15, 0.2) is 18.2 Å². The second-order valence-corrected chi connectivity index (χ2v) is 6.01. The summed E-state index contributed by atoms with van der Waals surface area (Å²) in [6.07, 6.45) is 2.60. The number of hydrogen-bond donors (Lipinski definition) is 2. The van der Waals surface area contributed by atoms with Gasteiger partial charge in [-0.25, -0.2) is 9.18 Å². The number of carboxylic acid groups (broad SMARTS) is 1. The van der Waals surface area contributed by atoms with Gasteiger partial charge < -0.3 is 10.4 Å². The van der Waals surface area contributed by atoms with Crippen molar-refractivity contribution >= 4 is 11.9 Å². The van der Waals surface area contributed by atoms with E-state index in [9.17, 15) is 19.1 Å². The first-order chi connectivity index (χ1) is 9.84. The smallest absolute Gasteiger partial charge is 0.329 e. The van der Waals surface area contributed by atoms with Crippen molar-refractivity contribution in [3.63, 3.8) is 0 Å². The molecule has 1 fully saturated rings. The molecule has 0 aromatic heterocycles. The quantitative estimate of drug-likeness (QED) is 0.900. The van der Waals surface area contributed by atoms with Gasteiger partial charge in [-0.2, -0.15) is 0 Å². The third-order valence-electron chi connectivity index (χ3n) is 4.18. The minimum absolute atomic E-state index is 0.255. The molecular formula is C16H20FNO3. The normalized spacial score (nSPS) is 25.4. The molecule has 0 bridgehead atoms. The second kappa shape index (κ2) is 5.84. The summed E-state index contributed by atoms with van der Waals surface area (Å²) in [7, 11) is 0. The van der Waals surface area contributed by atoms with Crippen LogP contribution in [0, 0.1) is 18.7 Å². The number of amides is 1. The van der Waals surface area contributed by atoms with Gasteiger partial charge in [0, 0.05) is 5.56 Å². The fourth-order valence-electron chi connectivity index (χ4n) is 2.99. The molecule has 0 radical (unpaired) electrons. The molecule has 1 aromatic rings. The average Bonchev–Trinajstić information content (AvgIpc) is 2.41. The molecule has 4 nitrogen and oxygen atoms in total. The maximum atomic E-state index is 13.2. The van der Waals surface area contributed by atoms with E-state index in [0.717, 1.165) is 12.8 Å². The molecule has 21 heavy (non-hydrogen) atoms. The van der Waals surface area contributed by atoms with Crippen molar-refractivity contribution in [2.45, 2.75) is 45.1 Å². The predicted molar refractivity (Wildman–Crippen MR) is 76.6 cm³/mol. The molecule has 1 aromatic carbocycles. The number of nitrogens with one attached hydrogen (secondary N) is 1. The lowest BCUT2D eigenvalue weighted by Crippen LogP contribution is -2.56. The zero-order valence-electron chi connectivity index (χ0n) is 12.3. The summed E-state index contributed by atoms with van der Waals surface area (Å²) < 4.78 is 13.2. The molecule has 1 aliphatic carbocycles. The summed E-state index contributed by atoms with van der Waals surface area (Å²) in [5, 5.41) is 12.2. The first-order valence-electron chi connectivity index (χ1n) is 7.16. The van der Waals surface area contributed by atoms with Crippen LogP contribution in [0.25, 0.3) is 0 Å². The lowest BCUT2D eigenvalue weighted by molar-refractivity contribution is -0.146.